The summed E-state index contributed by atoms with van der Waals surface area (Å²) < 4.78 is 5.68. The first kappa shape index (κ1) is 25.9. The first-order valence-electron chi connectivity index (χ1n) is 11.5. The lowest BCUT2D eigenvalue weighted by Crippen LogP contribution is -2.32. The van der Waals surface area contributed by atoms with Crippen molar-refractivity contribution in [2.45, 2.75) is 26.3 Å². The first-order chi connectivity index (χ1) is 16.6. The van der Waals surface area contributed by atoms with E-state index in [-0.39, 0.29) is 23.6 Å². The number of Topliss-reactive ketones (excluding diaryl/α,β-unsaturated/α-hetero) is 1. The average Bonchev–Trinajstić information content (AvgIpc) is 3.07. The number of carbonyl (C=O) groups excluding carboxylic acids is 2. The number of nitro groups is 1. The van der Waals surface area contributed by atoms with E-state index in [1.807, 2.05) is 32.8 Å². The van der Waals surface area contributed by atoms with Crippen LogP contribution in [0, 0.1) is 16.0 Å². The molecule has 0 aromatic heterocycles. The molecule has 1 saturated heterocycles. The van der Waals surface area contributed by atoms with Crippen molar-refractivity contribution in [1.82, 2.24) is 9.80 Å². The molecule has 2 aromatic carbocycles. The molecule has 1 atom stereocenters. The molecule has 0 radical (unpaired) electrons. The quantitative estimate of drug-likeness (QED) is 0.179. The SMILES string of the molecule is CC(C)COc1ccc(/C(O)=C2\C(=O)C(=O)N(CCCN(C)C)C2c2cccc([N+](=O)[O-])c2)cc1. The van der Waals surface area contributed by atoms with Crippen LogP contribution >= 0.6 is 0 Å². The highest BCUT2D eigenvalue weighted by Gasteiger charge is 2.46. The van der Waals surface area contributed by atoms with Gasteiger partial charge in [-0.05, 0) is 62.8 Å². The van der Waals surface area contributed by atoms with Gasteiger partial charge >= 0.3 is 0 Å². The Morgan fingerprint density at radius 2 is 1.86 bits per heavy atom. The van der Waals surface area contributed by atoms with E-state index in [9.17, 15) is 24.8 Å². The molecular weight excluding hydrogens is 450 g/mol. The lowest BCUT2D eigenvalue weighted by molar-refractivity contribution is -0.384. The van der Waals surface area contributed by atoms with Crippen molar-refractivity contribution in [3.05, 3.63) is 75.3 Å². The van der Waals surface area contributed by atoms with Gasteiger partial charge in [-0.2, -0.15) is 0 Å². The highest BCUT2D eigenvalue weighted by molar-refractivity contribution is 6.46. The van der Waals surface area contributed by atoms with Gasteiger partial charge in [-0.1, -0.05) is 26.0 Å². The summed E-state index contributed by atoms with van der Waals surface area (Å²) in [5.41, 5.74) is 0.495. The van der Waals surface area contributed by atoms with Crippen LogP contribution in [-0.2, 0) is 9.59 Å². The summed E-state index contributed by atoms with van der Waals surface area (Å²) in [4.78, 5) is 40.3. The number of rotatable bonds is 10. The minimum Gasteiger partial charge on any atom is -0.507 e. The zero-order valence-electron chi connectivity index (χ0n) is 20.4. The van der Waals surface area contributed by atoms with Gasteiger partial charge in [0.2, 0.25) is 0 Å². The zero-order valence-corrected chi connectivity index (χ0v) is 20.4. The van der Waals surface area contributed by atoms with Crippen LogP contribution in [0.3, 0.4) is 0 Å². The smallest absolute Gasteiger partial charge is 0.295 e. The lowest BCUT2D eigenvalue weighted by Gasteiger charge is -2.25. The molecule has 2 aromatic rings. The Bertz CT molecular complexity index is 1120. The van der Waals surface area contributed by atoms with Gasteiger partial charge < -0.3 is 19.6 Å². The molecule has 9 nitrogen and oxygen atoms in total. The molecule has 1 fully saturated rings. The van der Waals surface area contributed by atoms with Crippen LogP contribution in [-0.4, -0.2) is 65.3 Å². The Morgan fingerprint density at radius 1 is 1.17 bits per heavy atom. The van der Waals surface area contributed by atoms with E-state index < -0.39 is 22.7 Å². The number of non-ortho nitro benzene ring substituents is 1. The van der Waals surface area contributed by atoms with E-state index in [1.54, 1.807) is 30.3 Å². The Labute approximate surface area is 204 Å². The van der Waals surface area contributed by atoms with Gasteiger partial charge in [-0.15, -0.1) is 0 Å². The standard InChI is InChI=1S/C26H31N3O6/c1-17(2)16-35-21-11-9-18(10-12-21)24(30)22-23(19-7-5-8-20(15-19)29(33)34)28(26(32)25(22)31)14-6-13-27(3)4/h5,7-12,15,17,23,30H,6,13-14,16H2,1-4H3/b24-22+. The highest BCUT2D eigenvalue weighted by atomic mass is 16.6. The largest absolute Gasteiger partial charge is 0.507 e. The van der Waals surface area contributed by atoms with Crippen LogP contribution < -0.4 is 4.74 Å². The number of nitrogens with zero attached hydrogens (tertiary/aromatic N) is 3. The predicted molar refractivity (Wildman–Crippen MR) is 132 cm³/mol. The summed E-state index contributed by atoms with van der Waals surface area (Å²) in [5.74, 6) is -0.913. The van der Waals surface area contributed by atoms with Crippen LogP contribution in [0.25, 0.3) is 5.76 Å². The molecule has 0 aliphatic carbocycles. The number of carbonyl (C=O) groups is 2. The number of likely N-dealkylation sites (tertiary alicyclic amines) is 1. The first-order valence-corrected chi connectivity index (χ1v) is 11.5. The number of aliphatic hydroxyl groups excluding tert-OH is 1. The van der Waals surface area contributed by atoms with Crippen molar-refractivity contribution >= 4 is 23.1 Å². The Kier molecular flexibility index (Phi) is 8.24. The summed E-state index contributed by atoms with van der Waals surface area (Å²) >= 11 is 0. The second-order valence-corrected chi connectivity index (χ2v) is 9.23. The van der Waals surface area contributed by atoms with Crippen molar-refractivity contribution in [2.24, 2.45) is 5.92 Å². The van der Waals surface area contributed by atoms with Gasteiger partial charge in [0.25, 0.3) is 17.4 Å². The fourth-order valence-corrected chi connectivity index (χ4v) is 3.95. The van der Waals surface area contributed by atoms with Gasteiger partial charge in [0.15, 0.2) is 0 Å². The maximum atomic E-state index is 13.1. The topological polar surface area (TPSA) is 113 Å². The molecule has 1 unspecified atom stereocenters. The van der Waals surface area contributed by atoms with Crippen LogP contribution in [0.15, 0.2) is 54.1 Å². The van der Waals surface area contributed by atoms with Gasteiger partial charge in [0.05, 0.1) is 23.1 Å². The summed E-state index contributed by atoms with van der Waals surface area (Å²) in [6.07, 6.45) is 0.591. The van der Waals surface area contributed by atoms with E-state index in [2.05, 4.69) is 0 Å². The molecule has 1 amide bonds. The molecule has 0 bridgehead atoms. The second kappa shape index (κ2) is 11.1. The fourth-order valence-electron chi connectivity index (χ4n) is 3.95. The van der Waals surface area contributed by atoms with Crippen LogP contribution in [0.5, 0.6) is 5.75 Å². The molecular formula is C26H31N3O6. The Balaban J connectivity index is 2.04. The summed E-state index contributed by atoms with van der Waals surface area (Å²) in [5, 5.41) is 22.5. The van der Waals surface area contributed by atoms with Crippen LogP contribution in [0.4, 0.5) is 5.69 Å². The average molecular weight is 482 g/mol. The van der Waals surface area contributed by atoms with Crippen molar-refractivity contribution in [2.75, 3.05) is 33.8 Å². The van der Waals surface area contributed by atoms with Crippen molar-refractivity contribution in [1.29, 1.82) is 0 Å². The normalized spacial score (nSPS) is 17.4. The van der Waals surface area contributed by atoms with Gasteiger partial charge in [-0.3, -0.25) is 19.7 Å². The molecule has 1 heterocycles. The third-order valence-electron chi connectivity index (χ3n) is 5.65. The molecule has 1 aliphatic heterocycles. The van der Waals surface area contributed by atoms with Crippen molar-refractivity contribution in [3.8, 4) is 5.75 Å². The third kappa shape index (κ3) is 6.05. The molecule has 1 aliphatic rings. The molecule has 3 rings (SSSR count). The minimum atomic E-state index is -0.936. The Hall–Kier alpha value is -3.72. The molecule has 0 saturated carbocycles. The molecule has 35 heavy (non-hydrogen) atoms. The lowest BCUT2D eigenvalue weighted by atomic mass is 9.95. The summed E-state index contributed by atoms with van der Waals surface area (Å²) in [6.45, 7) is 5.55. The number of aliphatic hydroxyl groups is 1. The number of amides is 1. The number of benzene rings is 2. The van der Waals surface area contributed by atoms with Crippen molar-refractivity contribution in [3.63, 3.8) is 0 Å². The van der Waals surface area contributed by atoms with Crippen LogP contribution in [0.2, 0.25) is 0 Å². The predicted octanol–water partition coefficient (Wildman–Crippen LogP) is 4.00. The maximum Gasteiger partial charge on any atom is 0.295 e. The molecule has 186 valence electrons. The number of hydrogen-bond acceptors (Lipinski definition) is 7. The van der Waals surface area contributed by atoms with Gasteiger partial charge in [0.1, 0.15) is 11.5 Å². The Morgan fingerprint density at radius 3 is 2.46 bits per heavy atom. The van der Waals surface area contributed by atoms with E-state index >= 15 is 0 Å². The number of ketones is 1. The maximum absolute atomic E-state index is 13.1. The summed E-state index contributed by atoms with van der Waals surface area (Å²) in [6, 6.07) is 11.5. The van der Waals surface area contributed by atoms with E-state index in [1.165, 1.54) is 23.1 Å². The minimum absolute atomic E-state index is 0.0869. The van der Waals surface area contributed by atoms with E-state index in [0.717, 1.165) is 0 Å². The van der Waals surface area contributed by atoms with Crippen molar-refractivity contribution < 1.29 is 24.4 Å². The fraction of sp³-hybridized carbons (Fsp3) is 0.385. The monoisotopic (exact) mass is 481 g/mol. The van der Waals surface area contributed by atoms with Gasteiger partial charge in [0, 0.05) is 24.2 Å². The number of nitro benzene ring substituents is 1. The third-order valence-corrected chi connectivity index (χ3v) is 5.65. The van der Waals surface area contributed by atoms with E-state index in [0.29, 0.717) is 42.4 Å². The molecule has 9 heteroatoms. The molecule has 0 spiro atoms. The number of ether oxygens (including phenoxy) is 1. The second-order valence-electron chi connectivity index (χ2n) is 9.23. The molecule has 1 N–H and O–H groups in total. The van der Waals surface area contributed by atoms with E-state index in [4.69, 9.17) is 4.74 Å². The summed E-state index contributed by atoms with van der Waals surface area (Å²) in [7, 11) is 3.81. The highest BCUT2D eigenvalue weighted by Crippen LogP contribution is 2.40. The van der Waals surface area contributed by atoms with Crippen LogP contribution in [0.1, 0.15) is 37.4 Å². The zero-order chi connectivity index (χ0) is 25.7. The van der Waals surface area contributed by atoms with Gasteiger partial charge in [-0.25, -0.2) is 0 Å². The number of hydrogen-bond donors (Lipinski definition) is 1.